The topological polar surface area (TPSA) is 55.9 Å². The van der Waals surface area contributed by atoms with Gasteiger partial charge in [-0.15, -0.1) is 0 Å². The summed E-state index contributed by atoms with van der Waals surface area (Å²) in [5.41, 5.74) is 0. The number of hydrogen-bond acceptors (Lipinski definition) is 3. The fraction of sp³-hybridized carbons (Fsp3) is 0.875. The van der Waals surface area contributed by atoms with Crippen LogP contribution in [-0.4, -0.2) is 35.3 Å². The Hall–Kier alpha value is -0.770. The lowest BCUT2D eigenvalue weighted by atomic mass is 10.0. The van der Waals surface area contributed by atoms with Crippen LogP contribution >= 0.6 is 0 Å². The number of piperidine rings is 1. The molecule has 0 aromatic rings. The highest BCUT2D eigenvalue weighted by Crippen LogP contribution is 2.46. The number of carboxylic acid groups (broad SMARTS) is 1. The van der Waals surface area contributed by atoms with Crippen molar-refractivity contribution in [2.24, 2.45) is 0 Å². The van der Waals surface area contributed by atoms with Gasteiger partial charge in [-0.1, -0.05) is 0 Å². The van der Waals surface area contributed by atoms with Gasteiger partial charge in [-0.05, 0) is 19.3 Å². The van der Waals surface area contributed by atoms with E-state index in [1.54, 1.807) is 0 Å². The van der Waals surface area contributed by atoms with Crippen molar-refractivity contribution in [1.82, 2.24) is 4.90 Å². The van der Waals surface area contributed by atoms with Crippen LogP contribution in [0.25, 0.3) is 0 Å². The maximum atomic E-state index is 10.7. The molecule has 2 bridgehead atoms. The lowest BCUT2D eigenvalue weighted by Gasteiger charge is -2.34. The van der Waals surface area contributed by atoms with E-state index in [4.69, 9.17) is 4.74 Å². The molecular weight excluding hydrogens is 158 g/mol. The second kappa shape index (κ2) is 1.93. The zero-order valence-electron chi connectivity index (χ0n) is 6.60. The van der Waals surface area contributed by atoms with Crippen LogP contribution in [0.4, 0.5) is 4.79 Å². The molecule has 4 unspecified atom stereocenters. The van der Waals surface area contributed by atoms with Gasteiger partial charge < -0.3 is 19.5 Å². The highest BCUT2D eigenvalue weighted by molar-refractivity contribution is 5.64. The maximum Gasteiger partial charge on any atom is 0.137 e. The Morgan fingerprint density at radius 1 is 1.50 bits per heavy atom. The first kappa shape index (κ1) is 6.71. The second-order valence-corrected chi connectivity index (χ2v) is 3.85. The summed E-state index contributed by atoms with van der Waals surface area (Å²) in [5, 5.41) is 10.7. The number of ether oxygens (including phenoxy) is 1. The number of carbonyl (C=O) groups is 1. The minimum atomic E-state index is -1.02. The molecule has 3 rings (SSSR count). The number of carbonyl (C=O) groups excluding carboxylic acids is 1. The number of amides is 1. The predicted octanol–water partition coefficient (Wildman–Crippen LogP) is -0.666. The largest absolute Gasteiger partial charge is 0.530 e. The summed E-state index contributed by atoms with van der Waals surface area (Å²) < 4.78 is 5.36. The molecule has 12 heavy (non-hydrogen) atoms. The van der Waals surface area contributed by atoms with Gasteiger partial charge in [-0.2, -0.15) is 0 Å². The maximum absolute atomic E-state index is 10.7. The molecule has 0 aromatic carbocycles. The van der Waals surface area contributed by atoms with Gasteiger partial charge in [-0.3, -0.25) is 0 Å². The summed E-state index contributed by atoms with van der Waals surface area (Å²) >= 11 is 0. The van der Waals surface area contributed by atoms with E-state index in [0.29, 0.717) is 6.10 Å². The molecule has 4 atom stereocenters. The summed E-state index contributed by atoms with van der Waals surface area (Å²) in [6, 6.07) is 0.294. The zero-order valence-corrected chi connectivity index (χ0v) is 6.60. The number of fused-ring (bicyclic) bond motifs is 4. The van der Waals surface area contributed by atoms with Crippen LogP contribution in [0.3, 0.4) is 0 Å². The first-order valence-electron chi connectivity index (χ1n) is 4.42. The van der Waals surface area contributed by atoms with Gasteiger partial charge in [-0.25, -0.2) is 0 Å². The van der Waals surface area contributed by atoms with E-state index >= 15 is 0 Å². The first-order chi connectivity index (χ1) is 5.77. The summed E-state index contributed by atoms with van der Waals surface area (Å²) in [6.45, 7) is 0. The van der Waals surface area contributed by atoms with Crippen LogP contribution < -0.4 is 5.11 Å². The lowest BCUT2D eigenvalue weighted by molar-refractivity contribution is -0.269. The molecule has 0 aromatic heterocycles. The fourth-order valence-electron chi connectivity index (χ4n) is 2.70. The molecule has 4 heteroatoms. The fourth-order valence-corrected chi connectivity index (χ4v) is 2.70. The highest BCUT2D eigenvalue weighted by atomic mass is 16.6. The molecule has 3 saturated heterocycles. The van der Waals surface area contributed by atoms with E-state index in [9.17, 15) is 9.90 Å². The van der Waals surface area contributed by atoms with Crippen molar-refractivity contribution in [2.75, 3.05) is 0 Å². The average molecular weight is 168 g/mol. The van der Waals surface area contributed by atoms with E-state index in [2.05, 4.69) is 0 Å². The third kappa shape index (κ3) is 0.684. The smallest absolute Gasteiger partial charge is 0.137 e. The third-order valence-corrected chi connectivity index (χ3v) is 3.26. The van der Waals surface area contributed by atoms with Crippen LogP contribution in [0.1, 0.15) is 19.3 Å². The SMILES string of the molecule is O=C([O-])N1C2CCC1C1OC1C2. The molecule has 1 amide bonds. The van der Waals surface area contributed by atoms with Crippen LogP contribution in [0.15, 0.2) is 0 Å². The number of rotatable bonds is 0. The minimum absolute atomic E-state index is 0.110. The van der Waals surface area contributed by atoms with Gasteiger partial charge >= 0.3 is 0 Å². The van der Waals surface area contributed by atoms with Gasteiger partial charge in [0.05, 0.1) is 12.1 Å². The lowest BCUT2D eigenvalue weighted by Crippen LogP contribution is -2.52. The molecule has 0 N–H and O–H groups in total. The van der Waals surface area contributed by atoms with E-state index < -0.39 is 6.09 Å². The average Bonchev–Trinajstić information content (AvgIpc) is 2.67. The van der Waals surface area contributed by atoms with Gasteiger partial charge in [0.25, 0.3) is 0 Å². The van der Waals surface area contributed by atoms with Crippen molar-refractivity contribution in [3.05, 3.63) is 0 Å². The molecule has 3 aliphatic rings. The third-order valence-electron chi connectivity index (χ3n) is 3.26. The van der Waals surface area contributed by atoms with Gasteiger partial charge in [0.15, 0.2) is 0 Å². The summed E-state index contributed by atoms with van der Waals surface area (Å²) in [5.74, 6) is 0. The van der Waals surface area contributed by atoms with Crippen molar-refractivity contribution in [3.63, 3.8) is 0 Å². The molecule has 66 valence electrons. The Morgan fingerprint density at radius 2 is 2.33 bits per heavy atom. The number of hydrogen-bond donors (Lipinski definition) is 0. The first-order valence-corrected chi connectivity index (χ1v) is 4.42. The van der Waals surface area contributed by atoms with Crippen LogP contribution in [0.2, 0.25) is 0 Å². The normalized spacial score (nSPS) is 48.8. The second-order valence-electron chi connectivity index (χ2n) is 3.85. The zero-order chi connectivity index (χ0) is 8.29. The van der Waals surface area contributed by atoms with E-state index in [1.165, 1.54) is 4.90 Å². The van der Waals surface area contributed by atoms with E-state index in [0.717, 1.165) is 19.3 Å². The number of nitrogens with zero attached hydrogens (tertiary/aromatic N) is 1. The van der Waals surface area contributed by atoms with Gasteiger partial charge in [0, 0.05) is 6.04 Å². The van der Waals surface area contributed by atoms with Crippen molar-refractivity contribution in [1.29, 1.82) is 0 Å². The summed E-state index contributed by atoms with van der Waals surface area (Å²) in [7, 11) is 0. The summed E-state index contributed by atoms with van der Waals surface area (Å²) in [6.07, 6.45) is 2.38. The van der Waals surface area contributed by atoms with E-state index in [1.807, 2.05) is 0 Å². The number of epoxide rings is 1. The van der Waals surface area contributed by atoms with Gasteiger partial charge in [0.2, 0.25) is 0 Å². The Kier molecular flexibility index (Phi) is 1.08. The standard InChI is InChI=1S/C8H11NO3/c10-8(11)9-4-1-2-5(9)7-6(3-4)12-7/h4-7H,1-3H2,(H,10,11)/p-1. The van der Waals surface area contributed by atoms with E-state index in [-0.39, 0.29) is 18.2 Å². The van der Waals surface area contributed by atoms with Crippen LogP contribution in [0.5, 0.6) is 0 Å². The highest BCUT2D eigenvalue weighted by Gasteiger charge is 2.56. The molecule has 4 nitrogen and oxygen atoms in total. The Balaban J connectivity index is 1.90. The molecule has 3 aliphatic heterocycles. The van der Waals surface area contributed by atoms with Crippen LogP contribution in [0, 0.1) is 0 Å². The molecule has 3 heterocycles. The van der Waals surface area contributed by atoms with Gasteiger partial charge in [0.1, 0.15) is 12.2 Å². The van der Waals surface area contributed by atoms with Crippen LogP contribution in [-0.2, 0) is 4.74 Å². The minimum Gasteiger partial charge on any atom is -0.530 e. The van der Waals surface area contributed by atoms with Crippen molar-refractivity contribution >= 4 is 6.09 Å². The monoisotopic (exact) mass is 168 g/mol. The Labute approximate surface area is 70.1 Å². The quantitative estimate of drug-likeness (QED) is 0.451. The molecule has 0 radical (unpaired) electrons. The molecular formula is C8H10NO3-. The predicted molar refractivity (Wildman–Crippen MR) is 37.3 cm³/mol. The molecule has 0 spiro atoms. The molecule has 3 fully saturated rings. The summed E-state index contributed by atoms with van der Waals surface area (Å²) in [4.78, 5) is 12.2. The van der Waals surface area contributed by atoms with Crippen molar-refractivity contribution in [2.45, 2.75) is 43.6 Å². The molecule has 0 aliphatic carbocycles. The molecule has 0 saturated carbocycles. The van der Waals surface area contributed by atoms with Crippen molar-refractivity contribution in [3.8, 4) is 0 Å². The Bertz CT molecular complexity index is 242. The van der Waals surface area contributed by atoms with Crippen molar-refractivity contribution < 1.29 is 14.6 Å². The Morgan fingerprint density at radius 3 is 3.08 bits per heavy atom.